The van der Waals surface area contributed by atoms with Gasteiger partial charge in [-0.1, -0.05) is 0 Å². The van der Waals surface area contributed by atoms with Gasteiger partial charge in [-0.3, -0.25) is 4.79 Å². The summed E-state index contributed by atoms with van der Waals surface area (Å²) in [7, 11) is 0. The van der Waals surface area contributed by atoms with Crippen molar-refractivity contribution in [2.24, 2.45) is 11.8 Å². The fourth-order valence-corrected chi connectivity index (χ4v) is 2.77. The van der Waals surface area contributed by atoms with Crippen LogP contribution in [0.25, 0.3) is 0 Å². The summed E-state index contributed by atoms with van der Waals surface area (Å²) in [5, 5.41) is 12.0. The SMILES string of the molecule is O=C(NCC1CCCO1)C1CCC(CO)CC1. The Labute approximate surface area is 103 Å². The minimum Gasteiger partial charge on any atom is -0.396 e. The molecule has 0 bridgehead atoms. The van der Waals surface area contributed by atoms with Crippen molar-refractivity contribution in [3.8, 4) is 0 Å². The van der Waals surface area contributed by atoms with E-state index in [-0.39, 0.29) is 24.5 Å². The molecule has 1 saturated carbocycles. The molecule has 1 heterocycles. The van der Waals surface area contributed by atoms with Crippen molar-refractivity contribution >= 4 is 5.91 Å². The summed E-state index contributed by atoms with van der Waals surface area (Å²) in [4.78, 5) is 11.9. The van der Waals surface area contributed by atoms with Crippen molar-refractivity contribution in [3.05, 3.63) is 0 Å². The molecule has 0 aromatic rings. The summed E-state index contributed by atoms with van der Waals surface area (Å²) < 4.78 is 5.48. The van der Waals surface area contributed by atoms with Crippen LogP contribution in [0.2, 0.25) is 0 Å². The van der Waals surface area contributed by atoms with Crippen LogP contribution in [0.5, 0.6) is 0 Å². The molecular weight excluding hydrogens is 218 g/mol. The van der Waals surface area contributed by atoms with E-state index in [0.29, 0.717) is 12.5 Å². The number of amides is 1. The molecule has 2 rings (SSSR count). The molecule has 1 unspecified atom stereocenters. The number of hydrogen-bond acceptors (Lipinski definition) is 3. The lowest BCUT2D eigenvalue weighted by Crippen LogP contribution is -2.37. The highest BCUT2D eigenvalue weighted by molar-refractivity contribution is 5.78. The number of ether oxygens (including phenoxy) is 1. The average Bonchev–Trinajstić information content (AvgIpc) is 2.89. The van der Waals surface area contributed by atoms with E-state index in [4.69, 9.17) is 9.84 Å². The number of aliphatic hydroxyl groups is 1. The first-order valence-corrected chi connectivity index (χ1v) is 6.79. The van der Waals surface area contributed by atoms with Gasteiger partial charge in [0.15, 0.2) is 0 Å². The minimum absolute atomic E-state index is 0.152. The zero-order chi connectivity index (χ0) is 12.1. The molecule has 0 spiro atoms. The molecule has 0 radical (unpaired) electrons. The van der Waals surface area contributed by atoms with E-state index in [1.54, 1.807) is 0 Å². The third-order valence-electron chi connectivity index (χ3n) is 4.00. The van der Waals surface area contributed by atoms with Crippen molar-refractivity contribution in [2.45, 2.75) is 44.6 Å². The predicted molar refractivity (Wildman–Crippen MR) is 64.5 cm³/mol. The fourth-order valence-electron chi connectivity index (χ4n) is 2.77. The van der Waals surface area contributed by atoms with Gasteiger partial charge in [0, 0.05) is 25.7 Å². The van der Waals surface area contributed by atoms with Crippen LogP contribution >= 0.6 is 0 Å². The van der Waals surface area contributed by atoms with Crippen LogP contribution in [0, 0.1) is 11.8 Å². The second-order valence-electron chi connectivity index (χ2n) is 5.28. The third kappa shape index (κ3) is 3.68. The molecule has 1 aliphatic carbocycles. The van der Waals surface area contributed by atoms with Gasteiger partial charge in [-0.25, -0.2) is 0 Å². The summed E-state index contributed by atoms with van der Waals surface area (Å²) in [5.74, 6) is 0.744. The Morgan fingerprint density at radius 2 is 2.00 bits per heavy atom. The number of aliphatic hydroxyl groups excluding tert-OH is 1. The van der Waals surface area contributed by atoms with Crippen LogP contribution in [0.3, 0.4) is 0 Å². The van der Waals surface area contributed by atoms with Gasteiger partial charge >= 0.3 is 0 Å². The normalized spacial score (nSPS) is 33.6. The highest BCUT2D eigenvalue weighted by Crippen LogP contribution is 2.28. The van der Waals surface area contributed by atoms with Gasteiger partial charge in [0.05, 0.1) is 6.10 Å². The smallest absolute Gasteiger partial charge is 0.223 e. The first-order chi connectivity index (χ1) is 8.29. The minimum atomic E-state index is 0.152. The lowest BCUT2D eigenvalue weighted by Gasteiger charge is -2.26. The molecule has 2 aliphatic rings. The number of hydrogen-bond donors (Lipinski definition) is 2. The Kier molecular flexibility index (Phi) is 4.80. The Balaban J connectivity index is 1.66. The van der Waals surface area contributed by atoms with Crippen LogP contribution in [-0.2, 0) is 9.53 Å². The second-order valence-corrected chi connectivity index (χ2v) is 5.28. The van der Waals surface area contributed by atoms with Crippen molar-refractivity contribution in [1.82, 2.24) is 5.32 Å². The zero-order valence-corrected chi connectivity index (χ0v) is 10.4. The summed E-state index contributed by atoms with van der Waals surface area (Å²) in [6, 6.07) is 0. The number of carbonyl (C=O) groups excluding carboxylic acids is 1. The van der Waals surface area contributed by atoms with Gasteiger partial charge in [-0.15, -0.1) is 0 Å². The zero-order valence-electron chi connectivity index (χ0n) is 10.4. The summed E-state index contributed by atoms with van der Waals surface area (Å²) in [5.41, 5.74) is 0. The fraction of sp³-hybridized carbons (Fsp3) is 0.923. The maximum Gasteiger partial charge on any atom is 0.223 e. The van der Waals surface area contributed by atoms with Gasteiger partial charge in [0.25, 0.3) is 0 Å². The molecule has 98 valence electrons. The van der Waals surface area contributed by atoms with Crippen molar-refractivity contribution in [3.63, 3.8) is 0 Å². The van der Waals surface area contributed by atoms with E-state index in [1.165, 1.54) is 0 Å². The number of carbonyl (C=O) groups is 1. The van der Waals surface area contributed by atoms with E-state index in [2.05, 4.69) is 5.32 Å². The third-order valence-corrected chi connectivity index (χ3v) is 4.00. The molecule has 1 amide bonds. The van der Waals surface area contributed by atoms with E-state index in [1.807, 2.05) is 0 Å². The second kappa shape index (κ2) is 6.36. The first-order valence-electron chi connectivity index (χ1n) is 6.79. The molecule has 4 heteroatoms. The van der Waals surface area contributed by atoms with E-state index < -0.39 is 0 Å². The van der Waals surface area contributed by atoms with Crippen molar-refractivity contribution in [1.29, 1.82) is 0 Å². The predicted octanol–water partition coefficient (Wildman–Crippen LogP) is 1.08. The maximum absolute atomic E-state index is 11.9. The molecule has 4 nitrogen and oxygen atoms in total. The highest BCUT2D eigenvalue weighted by atomic mass is 16.5. The summed E-state index contributed by atoms with van der Waals surface area (Å²) in [6.45, 7) is 1.77. The molecule has 0 aromatic heterocycles. The number of rotatable bonds is 4. The van der Waals surface area contributed by atoms with Crippen LogP contribution in [0.15, 0.2) is 0 Å². The molecule has 1 aliphatic heterocycles. The van der Waals surface area contributed by atoms with Gasteiger partial charge in [-0.05, 0) is 44.4 Å². The average molecular weight is 241 g/mol. The Hall–Kier alpha value is -0.610. The van der Waals surface area contributed by atoms with E-state index in [9.17, 15) is 4.79 Å². The van der Waals surface area contributed by atoms with Crippen LogP contribution in [-0.4, -0.2) is 36.9 Å². The van der Waals surface area contributed by atoms with Gasteiger partial charge in [-0.2, -0.15) is 0 Å². The van der Waals surface area contributed by atoms with Crippen molar-refractivity contribution in [2.75, 3.05) is 19.8 Å². The van der Waals surface area contributed by atoms with Crippen LogP contribution in [0.4, 0.5) is 0 Å². The van der Waals surface area contributed by atoms with Crippen LogP contribution < -0.4 is 5.32 Å². The lowest BCUT2D eigenvalue weighted by molar-refractivity contribution is -0.126. The number of nitrogens with one attached hydrogen (secondary N) is 1. The van der Waals surface area contributed by atoms with Gasteiger partial charge in [0.2, 0.25) is 5.91 Å². The maximum atomic E-state index is 11.9. The first kappa shape index (κ1) is 12.8. The van der Waals surface area contributed by atoms with Crippen LogP contribution in [0.1, 0.15) is 38.5 Å². The molecule has 2 N–H and O–H groups in total. The Morgan fingerprint density at radius 1 is 1.24 bits per heavy atom. The van der Waals surface area contributed by atoms with Gasteiger partial charge < -0.3 is 15.2 Å². The molecule has 0 aromatic carbocycles. The topological polar surface area (TPSA) is 58.6 Å². The quantitative estimate of drug-likeness (QED) is 0.774. The van der Waals surface area contributed by atoms with E-state index >= 15 is 0 Å². The highest BCUT2D eigenvalue weighted by Gasteiger charge is 2.26. The molecular formula is C13H23NO3. The largest absolute Gasteiger partial charge is 0.396 e. The van der Waals surface area contributed by atoms with Crippen molar-refractivity contribution < 1.29 is 14.6 Å². The molecule has 17 heavy (non-hydrogen) atoms. The molecule has 1 saturated heterocycles. The Bertz CT molecular complexity index is 243. The molecule has 2 fully saturated rings. The lowest BCUT2D eigenvalue weighted by atomic mass is 9.82. The molecule has 1 atom stereocenters. The monoisotopic (exact) mass is 241 g/mol. The van der Waals surface area contributed by atoms with Gasteiger partial charge in [0.1, 0.15) is 0 Å². The summed E-state index contributed by atoms with van der Waals surface area (Å²) in [6.07, 6.45) is 6.21. The Morgan fingerprint density at radius 3 is 2.59 bits per heavy atom. The van der Waals surface area contributed by atoms with E-state index in [0.717, 1.165) is 45.1 Å². The standard InChI is InChI=1S/C13H23NO3/c15-9-10-3-5-11(6-4-10)13(16)14-8-12-2-1-7-17-12/h10-12,15H,1-9H2,(H,14,16). The summed E-state index contributed by atoms with van der Waals surface area (Å²) >= 11 is 0.